The molecule has 1 aromatic carbocycles. The van der Waals surface area contributed by atoms with Crippen LogP contribution in [0.25, 0.3) is 6.08 Å². The van der Waals surface area contributed by atoms with Gasteiger partial charge in [-0.05, 0) is 23.8 Å². The Morgan fingerprint density at radius 2 is 2.00 bits per heavy atom. The van der Waals surface area contributed by atoms with Gasteiger partial charge in [-0.1, -0.05) is 12.1 Å². The van der Waals surface area contributed by atoms with E-state index in [4.69, 9.17) is 15.7 Å². The van der Waals surface area contributed by atoms with E-state index >= 15 is 0 Å². The zero-order valence-corrected chi connectivity index (χ0v) is 10.3. The first-order chi connectivity index (χ1) is 9.06. The molecule has 1 rings (SSSR count). The molecular formula is C13H12N2O4. The molecule has 0 heterocycles. The summed E-state index contributed by atoms with van der Waals surface area (Å²) in [7, 11) is 1.20. The summed E-state index contributed by atoms with van der Waals surface area (Å²) in [5.41, 5.74) is 5.47. The Hall–Kier alpha value is -2.81. The third kappa shape index (κ3) is 4.52. The largest absolute Gasteiger partial charge is 0.484 e. The molecule has 0 saturated heterocycles. The summed E-state index contributed by atoms with van der Waals surface area (Å²) < 4.78 is 9.53. The zero-order valence-electron chi connectivity index (χ0n) is 10.3. The molecule has 0 bridgehead atoms. The molecule has 98 valence electrons. The molecule has 6 heteroatoms. The molecule has 0 unspecified atom stereocenters. The van der Waals surface area contributed by atoms with Crippen LogP contribution < -0.4 is 10.5 Å². The van der Waals surface area contributed by atoms with Gasteiger partial charge in [0.1, 0.15) is 17.4 Å². The highest BCUT2D eigenvalue weighted by Crippen LogP contribution is 2.14. The summed E-state index contributed by atoms with van der Waals surface area (Å²) >= 11 is 0. The summed E-state index contributed by atoms with van der Waals surface area (Å²) in [6, 6.07) is 8.22. The Labute approximate surface area is 110 Å². The fraction of sp³-hybridized carbons (Fsp3) is 0.154. The van der Waals surface area contributed by atoms with Gasteiger partial charge in [0.15, 0.2) is 6.61 Å². The van der Waals surface area contributed by atoms with Crippen molar-refractivity contribution in [2.24, 2.45) is 5.73 Å². The van der Waals surface area contributed by atoms with E-state index < -0.39 is 11.9 Å². The number of hydrogen-bond donors (Lipinski definition) is 1. The van der Waals surface area contributed by atoms with Crippen LogP contribution in [0.5, 0.6) is 5.75 Å². The number of nitrogens with two attached hydrogens (primary N) is 1. The maximum atomic E-state index is 11.2. The van der Waals surface area contributed by atoms with E-state index in [9.17, 15) is 9.59 Å². The van der Waals surface area contributed by atoms with Crippen molar-refractivity contribution in [3.63, 3.8) is 0 Å². The lowest BCUT2D eigenvalue weighted by molar-refractivity contribution is -0.135. The summed E-state index contributed by atoms with van der Waals surface area (Å²) in [6.07, 6.45) is 1.39. The van der Waals surface area contributed by atoms with Crippen LogP contribution in [0.4, 0.5) is 0 Å². The number of nitriles is 1. The molecule has 0 atom stereocenters. The lowest BCUT2D eigenvalue weighted by atomic mass is 10.1. The molecule has 0 aliphatic heterocycles. The summed E-state index contributed by atoms with van der Waals surface area (Å²) in [5, 5.41) is 8.79. The van der Waals surface area contributed by atoms with Gasteiger partial charge < -0.3 is 15.2 Å². The van der Waals surface area contributed by atoms with Crippen LogP contribution in [0.15, 0.2) is 29.8 Å². The van der Waals surface area contributed by atoms with Gasteiger partial charge in [0, 0.05) is 0 Å². The maximum Gasteiger partial charge on any atom is 0.348 e. The molecule has 0 fully saturated rings. The van der Waals surface area contributed by atoms with Gasteiger partial charge in [-0.3, -0.25) is 4.79 Å². The van der Waals surface area contributed by atoms with E-state index in [2.05, 4.69) is 4.74 Å². The van der Waals surface area contributed by atoms with Gasteiger partial charge in [-0.2, -0.15) is 5.26 Å². The first-order valence-corrected chi connectivity index (χ1v) is 5.28. The Bertz CT molecular complexity index is 541. The second-order valence-corrected chi connectivity index (χ2v) is 3.49. The van der Waals surface area contributed by atoms with Crippen LogP contribution in [0.1, 0.15) is 5.56 Å². The van der Waals surface area contributed by atoms with Crippen LogP contribution >= 0.6 is 0 Å². The predicted octanol–water partition coefficient (Wildman–Crippen LogP) is 0.631. The maximum absolute atomic E-state index is 11.2. The van der Waals surface area contributed by atoms with Crippen LogP contribution in [0.3, 0.4) is 0 Å². The Balaban J connectivity index is 2.81. The highest BCUT2D eigenvalue weighted by Gasteiger charge is 2.08. The number of nitrogens with zero attached hydrogens (tertiary/aromatic N) is 1. The third-order valence-electron chi connectivity index (χ3n) is 2.10. The van der Waals surface area contributed by atoms with Crippen molar-refractivity contribution in [1.29, 1.82) is 5.26 Å². The highest BCUT2D eigenvalue weighted by molar-refractivity contribution is 5.97. The molecule has 1 aromatic rings. The first kappa shape index (κ1) is 14.3. The van der Waals surface area contributed by atoms with E-state index in [0.29, 0.717) is 11.3 Å². The highest BCUT2D eigenvalue weighted by atomic mass is 16.5. The van der Waals surface area contributed by atoms with E-state index in [0.717, 1.165) is 0 Å². The zero-order chi connectivity index (χ0) is 14.3. The molecule has 0 spiro atoms. The van der Waals surface area contributed by atoms with Crippen LogP contribution in [0, 0.1) is 11.3 Å². The Kier molecular flexibility index (Phi) is 5.11. The number of amides is 1. The Morgan fingerprint density at radius 3 is 2.47 bits per heavy atom. The van der Waals surface area contributed by atoms with Crippen LogP contribution in [0.2, 0.25) is 0 Å². The molecule has 1 amide bonds. The minimum absolute atomic E-state index is 0.103. The molecular weight excluding hydrogens is 248 g/mol. The van der Waals surface area contributed by atoms with Crippen molar-refractivity contribution in [1.82, 2.24) is 0 Å². The van der Waals surface area contributed by atoms with Crippen LogP contribution in [-0.2, 0) is 14.3 Å². The second kappa shape index (κ2) is 6.81. The van der Waals surface area contributed by atoms with Gasteiger partial charge in [-0.25, -0.2) is 4.79 Å². The van der Waals surface area contributed by atoms with Crippen molar-refractivity contribution in [2.45, 2.75) is 0 Å². The average Bonchev–Trinajstić information content (AvgIpc) is 2.42. The molecule has 6 nitrogen and oxygen atoms in total. The molecule has 0 aliphatic carbocycles. The van der Waals surface area contributed by atoms with E-state index in [1.807, 2.05) is 0 Å². The van der Waals surface area contributed by atoms with E-state index in [1.54, 1.807) is 30.3 Å². The van der Waals surface area contributed by atoms with Gasteiger partial charge in [-0.15, -0.1) is 0 Å². The molecule has 19 heavy (non-hydrogen) atoms. The van der Waals surface area contributed by atoms with Crippen molar-refractivity contribution < 1.29 is 19.1 Å². The van der Waals surface area contributed by atoms with Gasteiger partial charge in [0.25, 0.3) is 5.91 Å². The summed E-state index contributed by atoms with van der Waals surface area (Å²) in [5.74, 6) is -0.800. The molecule has 0 aromatic heterocycles. The lowest BCUT2D eigenvalue weighted by Gasteiger charge is -2.03. The van der Waals surface area contributed by atoms with Crippen molar-refractivity contribution in [2.75, 3.05) is 13.7 Å². The smallest absolute Gasteiger partial charge is 0.348 e. The topological polar surface area (TPSA) is 102 Å². The molecule has 0 aliphatic rings. The number of primary amides is 1. The number of carbonyl (C=O) groups is 2. The number of ether oxygens (including phenoxy) is 2. The van der Waals surface area contributed by atoms with Crippen molar-refractivity contribution in [3.8, 4) is 11.8 Å². The van der Waals surface area contributed by atoms with Gasteiger partial charge in [0.05, 0.1) is 7.11 Å². The first-order valence-electron chi connectivity index (χ1n) is 5.28. The summed E-state index contributed by atoms with van der Waals surface area (Å²) in [4.78, 5) is 21.7. The fourth-order valence-corrected chi connectivity index (χ4v) is 1.23. The molecule has 0 radical (unpaired) electrons. The fourth-order valence-electron chi connectivity index (χ4n) is 1.23. The average molecular weight is 260 g/mol. The van der Waals surface area contributed by atoms with Gasteiger partial charge in [0.2, 0.25) is 0 Å². The monoisotopic (exact) mass is 260 g/mol. The third-order valence-corrected chi connectivity index (χ3v) is 2.10. The number of methoxy groups -OCH3 is 1. The number of benzene rings is 1. The minimum Gasteiger partial charge on any atom is -0.484 e. The Morgan fingerprint density at radius 1 is 1.37 bits per heavy atom. The SMILES string of the molecule is COC(=O)/C(C#N)=C\c1ccc(OCC(N)=O)cc1. The predicted molar refractivity (Wildman–Crippen MR) is 66.7 cm³/mol. The minimum atomic E-state index is -0.698. The van der Waals surface area contributed by atoms with Crippen molar-refractivity contribution in [3.05, 3.63) is 35.4 Å². The van der Waals surface area contributed by atoms with Crippen molar-refractivity contribution >= 4 is 18.0 Å². The molecule has 0 saturated carbocycles. The quantitative estimate of drug-likeness (QED) is 0.475. The molecule has 2 N–H and O–H groups in total. The number of carbonyl (C=O) groups excluding carboxylic acids is 2. The standard InChI is InChI=1S/C13H12N2O4/c1-18-13(17)10(7-14)6-9-2-4-11(5-3-9)19-8-12(15)16/h2-6H,8H2,1H3,(H2,15,16)/b10-6-. The lowest BCUT2D eigenvalue weighted by Crippen LogP contribution is -2.19. The number of hydrogen-bond acceptors (Lipinski definition) is 5. The van der Waals surface area contributed by atoms with E-state index in [-0.39, 0.29) is 12.2 Å². The number of esters is 1. The normalized spacial score (nSPS) is 10.4. The number of rotatable bonds is 5. The van der Waals surface area contributed by atoms with E-state index in [1.165, 1.54) is 13.2 Å². The second-order valence-electron chi connectivity index (χ2n) is 3.49. The van der Waals surface area contributed by atoms with Gasteiger partial charge >= 0.3 is 5.97 Å². The van der Waals surface area contributed by atoms with Crippen LogP contribution in [-0.4, -0.2) is 25.6 Å². The summed E-state index contributed by atoms with van der Waals surface area (Å²) in [6.45, 7) is -0.208.